The van der Waals surface area contributed by atoms with E-state index in [9.17, 15) is 13.2 Å². The summed E-state index contributed by atoms with van der Waals surface area (Å²) in [6.07, 6.45) is 2.17. The predicted molar refractivity (Wildman–Crippen MR) is 125 cm³/mol. The van der Waals surface area contributed by atoms with Gasteiger partial charge in [0.2, 0.25) is 9.47 Å². The first kappa shape index (κ1) is 24.1. The van der Waals surface area contributed by atoms with Crippen molar-refractivity contribution in [2.75, 3.05) is 18.5 Å². The van der Waals surface area contributed by atoms with Gasteiger partial charge in [0.1, 0.15) is 5.75 Å². The van der Waals surface area contributed by atoms with Gasteiger partial charge >= 0.3 is 0 Å². The van der Waals surface area contributed by atoms with Crippen molar-refractivity contribution < 1.29 is 17.9 Å². The third-order valence-electron chi connectivity index (χ3n) is 4.31. The van der Waals surface area contributed by atoms with Gasteiger partial charge in [0.25, 0.3) is 15.9 Å². The summed E-state index contributed by atoms with van der Waals surface area (Å²) in [4.78, 5) is 12.2. The van der Waals surface area contributed by atoms with Gasteiger partial charge in [0, 0.05) is 17.1 Å². The number of ether oxygens (including phenoxy) is 1. The molecule has 3 aromatic rings. The van der Waals surface area contributed by atoms with Crippen LogP contribution < -0.4 is 14.8 Å². The number of rotatable bonds is 11. The molecule has 1 amide bonds. The van der Waals surface area contributed by atoms with Gasteiger partial charge in [-0.15, -0.1) is 10.2 Å². The quantitative estimate of drug-likeness (QED) is 0.306. The lowest BCUT2D eigenvalue weighted by Gasteiger charge is -2.10. The number of hydrogen-bond donors (Lipinski definition) is 2. The number of para-hydroxylation sites is 1. The van der Waals surface area contributed by atoms with Crippen LogP contribution in [0.15, 0.2) is 52.9 Å². The molecule has 0 radical (unpaired) electrons. The summed E-state index contributed by atoms with van der Waals surface area (Å²) in [5, 5.41) is 10.6. The highest BCUT2D eigenvalue weighted by atomic mass is 35.5. The van der Waals surface area contributed by atoms with E-state index in [4.69, 9.17) is 16.3 Å². The molecule has 170 valence electrons. The zero-order valence-corrected chi connectivity index (χ0v) is 19.8. The van der Waals surface area contributed by atoms with Gasteiger partial charge < -0.3 is 4.74 Å². The fourth-order valence-corrected chi connectivity index (χ4v) is 4.89. The molecule has 2 N–H and O–H groups in total. The van der Waals surface area contributed by atoms with E-state index in [1.165, 1.54) is 0 Å². The standard InChI is InChI=1S/C21H23ClN4O4S2/c1-2-14-30-18-8-4-3-6-15(18)7-5-13-23-32(28,29)21-26-25-20(31-21)24-19(27)16-9-11-17(22)12-10-16/h3-4,6,8-12,23H,2,5,7,13-14H2,1H3,(H,24,25,27). The Kier molecular flexibility index (Phi) is 8.57. The number of carbonyl (C=O) groups is 1. The number of hydrogen-bond acceptors (Lipinski definition) is 7. The molecule has 0 saturated carbocycles. The molecule has 0 fully saturated rings. The van der Waals surface area contributed by atoms with Crippen LogP contribution in [0, 0.1) is 0 Å². The van der Waals surface area contributed by atoms with Crippen LogP contribution in [-0.4, -0.2) is 37.7 Å². The van der Waals surface area contributed by atoms with Crippen LogP contribution in [0.1, 0.15) is 35.7 Å². The molecule has 0 atom stereocenters. The van der Waals surface area contributed by atoms with Gasteiger partial charge in [-0.3, -0.25) is 10.1 Å². The van der Waals surface area contributed by atoms with Crippen molar-refractivity contribution in [1.29, 1.82) is 0 Å². The highest BCUT2D eigenvalue weighted by Gasteiger charge is 2.21. The van der Waals surface area contributed by atoms with Crippen LogP contribution in [0.2, 0.25) is 5.02 Å². The molecule has 1 heterocycles. The number of amides is 1. The number of carbonyl (C=O) groups excluding carboxylic acids is 1. The number of sulfonamides is 1. The molecule has 2 aromatic carbocycles. The number of halogens is 1. The Labute approximate surface area is 196 Å². The Morgan fingerprint density at radius 3 is 2.62 bits per heavy atom. The molecule has 0 bridgehead atoms. The predicted octanol–water partition coefficient (Wildman–Crippen LogP) is 4.14. The summed E-state index contributed by atoms with van der Waals surface area (Å²) in [6, 6.07) is 14.0. The maximum Gasteiger partial charge on any atom is 0.269 e. The third-order valence-corrected chi connectivity index (χ3v) is 7.23. The molecule has 0 spiro atoms. The lowest BCUT2D eigenvalue weighted by Crippen LogP contribution is -2.25. The average Bonchev–Trinajstić information content (AvgIpc) is 3.26. The molecule has 3 rings (SSSR count). The molecular formula is C21H23ClN4O4S2. The van der Waals surface area contributed by atoms with Crippen LogP contribution in [0.3, 0.4) is 0 Å². The second kappa shape index (κ2) is 11.4. The van der Waals surface area contributed by atoms with E-state index >= 15 is 0 Å². The third kappa shape index (κ3) is 6.73. The zero-order valence-electron chi connectivity index (χ0n) is 17.4. The second-order valence-electron chi connectivity index (χ2n) is 6.79. The largest absolute Gasteiger partial charge is 0.493 e. The van der Waals surface area contributed by atoms with Crippen molar-refractivity contribution in [2.24, 2.45) is 0 Å². The van der Waals surface area contributed by atoms with E-state index in [2.05, 4.69) is 20.2 Å². The maximum absolute atomic E-state index is 12.5. The van der Waals surface area contributed by atoms with Gasteiger partial charge in [-0.1, -0.05) is 48.1 Å². The summed E-state index contributed by atoms with van der Waals surface area (Å²) in [6.45, 7) is 2.91. The Morgan fingerprint density at radius 1 is 1.12 bits per heavy atom. The minimum Gasteiger partial charge on any atom is -0.493 e. The van der Waals surface area contributed by atoms with Gasteiger partial charge in [-0.05, 0) is 55.2 Å². The van der Waals surface area contributed by atoms with Crippen molar-refractivity contribution in [2.45, 2.75) is 30.5 Å². The van der Waals surface area contributed by atoms with Gasteiger partial charge in [-0.2, -0.15) is 0 Å². The van der Waals surface area contributed by atoms with Crippen molar-refractivity contribution in [3.8, 4) is 5.75 Å². The minimum absolute atomic E-state index is 0.0901. The van der Waals surface area contributed by atoms with Crippen LogP contribution in [-0.2, 0) is 16.4 Å². The number of aromatic nitrogens is 2. The van der Waals surface area contributed by atoms with E-state index in [0.717, 1.165) is 29.1 Å². The normalized spacial score (nSPS) is 11.3. The average molecular weight is 495 g/mol. The number of nitrogens with one attached hydrogen (secondary N) is 2. The first-order valence-corrected chi connectivity index (χ1v) is 12.7. The highest BCUT2D eigenvalue weighted by Crippen LogP contribution is 2.22. The lowest BCUT2D eigenvalue weighted by molar-refractivity contribution is 0.102. The van der Waals surface area contributed by atoms with E-state index in [0.29, 0.717) is 30.0 Å². The van der Waals surface area contributed by atoms with Crippen LogP contribution >= 0.6 is 22.9 Å². The maximum atomic E-state index is 12.5. The molecule has 0 aliphatic carbocycles. The van der Waals surface area contributed by atoms with Crippen molar-refractivity contribution in [3.63, 3.8) is 0 Å². The Morgan fingerprint density at radius 2 is 1.88 bits per heavy atom. The molecular weight excluding hydrogens is 472 g/mol. The summed E-state index contributed by atoms with van der Waals surface area (Å²) >= 11 is 6.59. The van der Waals surface area contributed by atoms with Crippen LogP contribution in [0.4, 0.5) is 5.13 Å². The van der Waals surface area contributed by atoms with Crippen molar-refractivity contribution in [3.05, 3.63) is 64.7 Å². The summed E-state index contributed by atoms with van der Waals surface area (Å²) in [7, 11) is -3.83. The topological polar surface area (TPSA) is 110 Å². The highest BCUT2D eigenvalue weighted by molar-refractivity contribution is 7.91. The summed E-state index contributed by atoms with van der Waals surface area (Å²) < 4.78 is 33.0. The monoisotopic (exact) mass is 494 g/mol. The second-order valence-corrected chi connectivity index (χ2v) is 10.1. The molecule has 8 nitrogen and oxygen atoms in total. The van der Waals surface area contributed by atoms with Crippen LogP contribution in [0.25, 0.3) is 0 Å². The zero-order chi connectivity index (χ0) is 23.0. The molecule has 0 saturated heterocycles. The Hall–Kier alpha value is -2.53. The smallest absolute Gasteiger partial charge is 0.269 e. The van der Waals surface area contributed by atoms with E-state index in [1.807, 2.05) is 31.2 Å². The molecule has 11 heteroatoms. The number of aryl methyl sites for hydroxylation is 1. The SMILES string of the molecule is CCCOc1ccccc1CCCNS(=O)(=O)c1nnc(NC(=O)c2ccc(Cl)cc2)s1. The van der Waals surface area contributed by atoms with Crippen molar-refractivity contribution >= 4 is 44.0 Å². The first-order valence-electron chi connectivity index (χ1n) is 10.00. The first-order chi connectivity index (χ1) is 15.4. The number of anilines is 1. The Bertz CT molecular complexity index is 1150. The van der Waals surface area contributed by atoms with E-state index in [-0.39, 0.29) is 16.0 Å². The molecule has 0 aliphatic heterocycles. The molecule has 1 aromatic heterocycles. The number of nitrogens with zero attached hydrogens (tertiary/aromatic N) is 2. The van der Waals surface area contributed by atoms with Crippen LogP contribution in [0.5, 0.6) is 5.75 Å². The molecule has 32 heavy (non-hydrogen) atoms. The number of benzene rings is 2. The minimum atomic E-state index is -3.83. The van der Waals surface area contributed by atoms with Gasteiger partial charge in [0.05, 0.1) is 6.61 Å². The summed E-state index contributed by atoms with van der Waals surface area (Å²) in [5.41, 5.74) is 1.40. The molecule has 0 unspecified atom stereocenters. The van der Waals surface area contributed by atoms with E-state index in [1.54, 1.807) is 24.3 Å². The lowest BCUT2D eigenvalue weighted by atomic mass is 10.1. The fourth-order valence-electron chi connectivity index (χ4n) is 2.75. The van der Waals surface area contributed by atoms with Gasteiger partial charge in [0.15, 0.2) is 0 Å². The Balaban J connectivity index is 1.52. The van der Waals surface area contributed by atoms with E-state index < -0.39 is 15.9 Å². The fraction of sp³-hybridized carbons (Fsp3) is 0.286. The summed E-state index contributed by atoms with van der Waals surface area (Å²) in [5.74, 6) is 0.390. The van der Waals surface area contributed by atoms with Gasteiger partial charge in [-0.25, -0.2) is 13.1 Å². The molecule has 0 aliphatic rings. The van der Waals surface area contributed by atoms with Crippen molar-refractivity contribution in [1.82, 2.24) is 14.9 Å².